The molecule has 0 aromatic heterocycles. The second-order valence-corrected chi connectivity index (χ2v) is 6.08. The third kappa shape index (κ3) is 4.95. The van der Waals surface area contributed by atoms with Gasteiger partial charge in [-0.1, -0.05) is 44.2 Å². The summed E-state index contributed by atoms with van der Waals surface area (Å²) in [5.74, 6) is 0.287. The molecule has 0 radical (unpaired) electrons. The molecule has 0 saturated heterocycles. The Labute approximate surface area is 143 Å². The van der Waals surface area contributed by atoms with Crippen LogP contribution in [0.3, 0.4) is 0 Å². The monoisotopic (exact) mass is 324 g/mol. The van der Waals surface area contributed by atoms with Crippen LogP contribution >= 0.6 is 0 Å². The molecule has 0 aliphatic carbocycles. The van der Waals surface area contributed by atoms with E-state index >= 15 is 0 Å². The highest BCUT2D eigenvalue weighted by atomic mass is 16.2. The minimum absolute atomic E-state index is 0.0738. The number of anilines is 2. The van der Waals surface area contributed by atoms with E-state index in [1.165, 1.54) is 12.5 Å². The van der Waals surface area contributed by atoms with Crippen molar-refractivity contribution in [2.45, 2.75) is 33.1 Å². The van der Waals surface area contributed by atoms with Crippen LogP contribution in [0, 0.1) is 0 Å². The number of nitrogens with zero attached hydrogens (tertiary/aromatic N) is 1. The predicted molar refractivity (Wildman–Crippen MR) is 98.2 cm³/mol. The highest BCUT2D eigenvalue weighted by Gasteiger charge is 2.13. The van der Waals surface area contributed by atoms with Crippen molar-refractivity contribution in [3.63, 3.8) is 0 Å². The molecule has 2 amide bonds. The maximum atomic E-state index is 12.1. The molecule has 2 aromatic carbocycles. The van der Waals surface area contributed by atoms with Crippen molar-refractivity contribution < 1.29 is 9.59 Å². The maximum Gasteiger partial charge on any atom is 0.226 e. The first kappa shape index (κ1) is 17.7. The van der Waals surface area contributed by atoms with E-state index in [-0.39, 0.29) is 18.2 Å². The zero-order chi connectivity index (χ0) is 17.5. The lowest BCUT2D eigenvalue weighted by atomic mass is 10.0. The van der Waals surface area contributed by atoms with Crippen molar-refractivity contribution in [2.75, 3.05) is 16.8 Å². The van der Waals surface area contributed by atoms with Crippen molar-refractivity contribution in [3.05, 3.63) is 60.2 Å². The molecule has 24 heavy (non-hydrogen) atoms. The molecular formula is C20H24N2O2. The highest BCUT2D eigenvalue weighted by molar-refractivity contribution is 5.94. The third-order valence-corrected chi connectivity index (χ3v) is 3.87. The molecule has 0 atom stereocenters. The fraction of sp³-hybridized carbons (Fsp3) is 0.300. The lowest BCUT2D eigenvalue weighted by Crippen LogP contribution is -2.31. The highest BCUT2D eigenvalue weighted by Crippen LogP contribution is 2.18. The Hall–Kier alpha value is -2.62. The van der Waals surface area contributed by atoms with Crippen LogP contribution in [0.4, 0.5) is 11.4 Å². The Balaban J connectivity index is 1.93. The van der Waals surface area contributed by atoms with Gasteiger partial charge < -0.3 is 10.2 Å². The minimum atomic E-state index is -0.102. The van der Waals surface area contributed by atoms with E-state index < -0.39 is 0 Å². The van der Waals surface area contributed by atoms with Gasteiger partial charge in [-0.15, -0.1) is 0 Å². The topological polar surface area (TPSA) is 49.4 Å². The standard InChI is InChI=1S/C20H24N2O2/c1-15(2)17-9-11-18(12-10-17)21-20(24)13-14-22(16(3)23)19-7-5-4-6-8-19/h4-12,15H,13-14H2,1-3H3,(H,21,24). The van der Waals surface area contributed by atoms with Crippen molar-refractivity contribution in [3.8, 4) is 0 Å². The van der Waals surface area contributed by atoms with Gasteiger partial charge in [-0.2, -0.15) is 0 Å². The third-order valence-electron chi connectivity index (χ3n) is 3.87. The summed E-state index contributed by atoms with van der Waals surface area (Å²) in [5.41, 5.74) is 2.82. The minimum Gasteiger partial charge on any atom is -0.326 e. The number of benzene rings is 2. The van der Waals surface area contributed by atoms with Gasteiger partial charge in [-0.25, -0.2) is 0 Å². The van der Waals surface area contributed by atoms with Gasteiger partial charge in [0.05, 0.1) is 0 Å². The number of carbonyl (C=O) groups is 2. The van der Waals surface area contributed by atoms with E-state index in [0.717, 1.165) is 11.4 Å². The van der Waals surface area contributed by atoms with Crippen LogP contribution in [0.15, 0.2) is 54.6 Å². The number of nitrogens with one attached hydrogen (secondary N) is 1. The SMILES string of the molecule is CC(=O)N(CCC(=O)Nc1ccc(C(C)C)cc1)c1ccccc1. The molecule has 126 valence electrons. The van der Waals surface area contributed by atoms with E-state index in [4.69, 9.17) is 0 Å². The van der Waals surface area contributed by atoms with E-state index in [1.807, 2.05) is 54.6 Å². The molecular weight excluding hydrogens is 300 g/mol. The second kappa shape index (κ2) is 8.29. The van der Waals surface area contributed by atoms with Crippen LogP contribution in [0.1, 0.15) is 38.7 Å². The van der Waals surface area contributed by atoms with Crippen LogP contribution < -0.4 is 10.2 Å². The van der Waals surface area contributed by atoms with Crippen LogP contribution in [0.2, 0.25) is 0 Å². The van der Waals surface area contributed by atoms with Gasteiger partial charge in [0.25, 0.3) is 0 Å². The average molecular weight is 324 g/mol. The van der Waals surface area contributed by atoms with E-state index in [1.54, 1.807) is 4.90 Å². The maximum absolute atomic E-state index is 12.1. The second-order valence-electron chi connectivity index (χ2n) is 6.08. The molecule has 4 nitrogen and oxygen atoms in total. The van der Waals surface area contributed by atoms with Gasteiger partial charge in [-0.3, -0.25) is 9.59 Å². The first-order chi connectivity index (χ1) is 11.5. The van der Waals surface area contributed by atoms with Gasteiger partial charge in [0.1, 0.15) is 0 Å². The zero-order valence-electron chi connectivity index (χ0n) is 14.5. The molecule has 0 bridgehead atoms. The van der Waals surface area contributed by atoms with Crippen molar-refractivity contribution in [2.24, 2.45) is 0 Å². The van der Waals surface area contributed by atoms with Crippen molar-refractivity contribution >= 4 is 23.2 Å². The Morgan fingerprint density at radius 3 is 2.17 bits per heavy atom. The Kier molecular flexibility index (Phi) is 6.13. The van der Waals surface area contributed by atoms with Gasteiger partial charge >= 0.3 is 0 Å². The van der Waals surface area contributed by atoms with Crippen molar-refractivity contribution in [1.29, 1.82) is 0 Å². The number of hydrogen-bond acceptors (Lipinski definition) is 2. The van der Waals surface area contributed by atoms with Gasteiger partial charge in [0.2, 0.25) is 11.8 Å². The molecule has 0 spiro atoms. The normalized spacial score (nSPS) is 10.5. The predicted octanol–water partition coefficient (Wildman–Crippen LogP) is 4.19. The summed E-state index contributed by atoms with van der Waals surface area (Å²) in [6, 6.07) is 17.2. The largest absolute Gasteiger partial charge is 0.326 e. The van der Waals surface area contributed by atoms with Gasteiger partial charge in [0, 0.05) is 31.3 Å². The van der Waals surface area contributed by atoms with Gasteiger partial charge in [-0.05, 0) is 35.7 Å². The Morgan fingerprint density at radius 2 is 1.62 bits per heavy atom. The summed E-state index contributed by atoms with van der Waals surface area (Å²) in [5, 5.41) is 2.88. The first-order valence-electron chi connectivity index (χ1n) is 8.20. The summed E-state index contributed by atoms with van der Waals surface area (Å²) < 4.78 is 0. The molecule has 2 rings (SSSR count). The van der Waals surface area contributed by atoms with E-state index in [2.05, 4.69) is 19.2 Å². The average Bonchev–Trinajstić information content (AvgIpc) is 2.56. The molecule has 0 heterocycles. The zero-order valence-corrected chi connectivity index (χ0v) is 14.5. The summed E-state index contributed by atoms with van der Waals surface area (Å²) in [7, 11) is 0. The molecule has 4 heteroatoms. The summed E-state index contributed by atoms with van der Waals surface area (Å²) >= 11 is 0. The van der Waals surface area contributed by atoms with Gasteiger partial charge in [0.15, 0.2) is 0 Å². The quantitative estimate of drug-likeness (QED) is 0.866. The summed E-state index contributed by atoms with van der Waals surface area (Å²) in [4.78, 5) is 25.6. The molecule has 0 fully saturated rings. The summed E-state index contributed by atoms with van der Waals surface area (Å²) in [6.45, 7) is 6.13. The molecule has 0 unspecified atom stereocenters. The molecule has 1 N–H and O–H groups in total. The summed E-state index contributed by atoms with van der Waals surface area (Å²) in [6.07, 6.45) is 0.250. The lowest BCUT2D eigenvalue weighted by Gasteiger charge is -2.20. The van der Waals surface area contributed by atoms with Crippen molar-refractivity contribution in [1.82, 2.24) is 0 Å². The Morgan fingerprint density at radius 1 is 1.00 bits per heavy atom. The number of carbonyl (C=O) groups excluding carboxylic acids is 2. The molecule has 0 aliphatic heterocycles. The fourth-order valence-corrected chi connectivity index (χ4v) is 2.46. The fourth-order valence-electron chi connectivity index (χ4n) is 2.46. The van der Waals surface area contributed by atoms with E-state index in [0.29, 0.717) is 12.5 Å². The number of rotatable bonds is 6. The van der Waals surface area contributed by atoms with Crippen LogP contribution in [0.5, 0.6) is 0 Å². The number of amides is 2. The van der Waals surface area contributed by atoms with Crippen LogP contribution in [-0.4, -0.2) is 18.4 Å². The van der Waals surface area contributed by atoms with Crippen LogP contribution in [0.25, 0.3) is 0 Å². The number of hydrogen-bond donors (Lipinski definition) is 1. The van der Waals surface area contributed by atoms with E-state index in [9.17, 15) is 9.59 Å². The Bertz CT molecular complexity index is 679. The lowest BCUT2D eigenvalue weighted by molar-refractivity contribution is -0.117. The molecule has 2 aromatic rings. The molecule has 0 saturated carbocycles. The van der Waals surface area contributed by atoms with Crippen LogP contribution in [-0.2, 0) is 9.59 Å². The number of para-hydroxylation sites is 1. The first-order valence-corrected chi connectivity index (χ1v) is 8.20. The molecule has 0 aliphatic rings. The smallest absolute Gasteiger partial charge is 0.226 e.